The summed E-state index contributed by atoms with van der Waals surface area (Å²) in [5.41, 5.74) is 3.06. The Hall–Kier alpha value is -3.48. The summed E-state index contributed by atoms with van der Waals surface area (Å²) in [6.45, 7) is 2.52. The van der Waals surface area contributed by atoms with Crippen molar-refractivity contribution in [3.05, 3.63) is 71.8 Å². The molecule has 3 rings (SSSR count). The van der Waals surface area contributed by atoms with Gasteiger partial charge in [-0.25, -0.2) is 9.97 Å². The highest BCUT2D eigenvalue weighted by Crippen LogP contribution is 2.25. The van der Waals surface area contributed by atoms with Crippen LogP contribution in [0.1, 0.15) is 21.5 Å². The number of nitrogens with zero attached hydrogens (tertiary/aromatic N) is 3. The van der Waals surface area contributed by atoms with E-state index in [1.54, 1.807) is 19.5 Å². The molecule has 1 amide bonds. The van der Waals surface area contributed by atoms with Gasteiger partial charge in [0.15, 0.2) is 0 Å². The number of carbonyl (C=O) groups is 1. The average Bonchev–Trinajstić information content (AvgIpc) is 2.68. The van der Waals surface area contributed by atoms with E-state index in [4.69, 9.17) is 4.74 Å². The number of aryl methyl sites for hydroxylation is 1. The normalized spacial score (nSPS) is 10.2. The van der Waals surface area contributed by atoms with E-state index in [2.05, 4.69) is 25.6 Å². The summed E-state index contributed by atoms with van der Waals surface area (Å²) >= 11 is 0. The van der Waals surface area contributed by atoms with Crippen molar-refractivity contribution in [2.24, 2.45) is 0 Å². The third-order valence-electron chi connectivity index (χ3n) is 3.72. The van der Waals surface area contributed by atoms with Crippen molar-refractivity contribution in [2.75, 3.05) is 17.7 Å². The van der Waals surface area contributed by atoms with Gasteiger partial charge in [-0.3, -0.25) is 9.78 Å². The molecule has 0 bridgehead atoms. The number of pyridine rings is 1. The van der Waals surface area contributed by atoms with Gasteiger partial charge in [0.25, 0.3) is 5.91 Å². The molecule has 0 atom stereocenters. The van der Waals surface area contributed by atoms with Gasteiger partial charge < -0.3 is 15.4 Å². The molecule has 0 spiro atoms. The van der Waals surface area contributed by atoms with Gasteiger partial charge in [-0.05, 0) is 42.3 Å². The van der Waals surface area contributed by atoms with Crippen molar-refractivity contribution < 1.29 is 9.53 Å². The van der Waals surface area contributed by atoms with Crippen molar-refractivity contribution in [3.63, 3.8) is 0 Å². The standard InChI is InChI=1S/C19H19N5O2/c1-13-3-4-17(26-2)16(9-13)24-18(25)15-11-22-19(23-12-15)21-10-14-5-7-20-8-6-14/h3-9,11-12H,10H2,1-2H3,(H,24,25)(H,21,22,23). The maximum Gasteiger partial charge on any atom is 0.258 e. The fraction of sp³-hybridized carbons (Fsp3) is 0.158. The van der Waals surface area contributed by atoms with E-state index >= 15 is 0 Å². The Balaban J connectivity index is 1.64. The van der Waals surface area contributed by atoms with Gasteiger partial charge in [0.2, 0.25) is 5.95 Å². The number of benzene rings is 1. The van der Waals surface area contributed by atoms with Crippen LogP contribution in [0.2, 0.25) is 0 Å². The fourth-order valence-electron chi connectivity index (χ4n) is 2.33. The Morgan fingerprint density at radius 2 is 1.85 bits per heavy atom. The molecule has 2 heterocycles. The van der Waals surface area contributed by atoms with Crippen molar-refractivity contribution in [1.29, 1.82) is 0 Å². The quantitative estimate of drug-likeness (QED) is 0.711. The lowest BCUT2D eigenvalue weighted by Gasteiger charge is -2.11. The molecule has 0 fully saturated rings. The molecule has 0 aliphatic carbocycles. The molecule has 132 valence electrons. The van der Waals surface area contributed by atoms with E-state index in [-0.39, 0.29) is 5.91 Å². The lowest BCUT2D eigenvalue weighted by atomic mass is 10.2. The van der Waals surface area contributed by atoms with Crippen molar-refractivity contribution in [1.82, 2.24) is 15.0 Å². The van der Waals surface area contributed by atoms with Crippen LogP contribution in [0.15, 0.2) is 55.1 Å². The number of aromatic nitrogens is 3. The Morgan fingerprint density at radius 1 is 1.12 bits per heavy atom. The number of methoxy groups -OCH3 is 1. The first-order chi connectivity index (χ1) is 12.7. The lowest BCUT2D eigenvalue weighted by Crippen LogP contribution is -2.14. The first-order valence-electron chi connectivity index (χ1n) is 8.06. The highest BCUT2D eigenvalue weighted by molar-refractivity contribution is 6.04. The van der Waals surface area contributed by atoms with Crippen LogP contribution in [0, 0.1) is 6.92 Å². The summed E-state index contributed by atoms with van der Waals surface area (Å²) in [6, 6.07) is 9.39. The summed E-state index contributed by atoms with van der Waals surface area (Å²) in [7, 11) is 1.56. The van der Waals surface area contributed by atoms with Crippen LogP contribution in [-0.2, 0) is 6.54 Å². The first-order valence-corrected chi connectivity index (χ1v) is 8.06. The minimum Gasteiger partial charge on any atom is -0.495 e. The Bertz CT molecular complexity index is 882. The molecule has 0 aliphatic rings. The Kier molecular flexibility index (Phi) is 5.38. The van der Waals surface area contributed by atoms with Crippen LogP contribution < -0.4 is 15.4 Å². The molecule has 0 radical (unpaired) electrons. The summed E-state index contributed by atoms with van der Waals surface area (Å²) in [5.74, 6) is 0.751. The molecular weight excluding hydrogens is 330 g/mol. The van der Waals surface area contributed by atoms with Gasteiger partial charge in [0.05, 0.1) is 18.4 Å². The molecule has 7 heteroatoms. The number of rotatable bonds is 6. The zero-order valence-corrected chi connectivity index (χ0v) is 14.6. The molecule has 0 unspecified atom stereocenters. The Labute approximate surface area is 151 Å². The number of nitrogens with one attached hydrogen (secondary N) is 2. The highest BCUT2D eigenvalue weighted by Gasteiger charge is 2.11. The number of carbonyl (C=O) groups excluding carboxylic acids is 1. The van der Waals surface area contributed by atoms with Gasteiger partial charge in [0, 0.05) is 31.3 Å². The SMILES string of the molecule is COc1ccc(C)cc1NC(=O)c1cnc(NCc2ccncc2)nc1. The summed E-state index contributed by atoms with van der Waals surface area (Å²) in [5, 5.41) is 5.93. The second-order valence-electron chi connectivity index (χ2n) is 5.66. The Morgan fingerprint density at radius 3 is 2.54 bits per heavy atom. The number of hydrogen-bond donors (Lipinski definition) is 2. The third-order valence-corrected chi connectivity index (χ3v) is 3.72. The minimum atomic E-state index is -0.297. The van der Waals surface area contributed by atoms with E-state index in [1.807, 2.05) is 37.3 Å². The molecule has 1 aromatic carbocycles. The zero-order valence-electron chi connectivity index (χ0n) is 14.6. The highest BCUT2D eigenvalue weighted by atomic mass is 16.5. The van der Waals surface area contributed by atoms with Crippen molar-refractivity contribution in [3.8, 4) is 5.75 Å². The van der Waals surface area contributed by atoms with Gasteiger partial charge in [-0.1, -0.05) is 6.07 Å². The summed E-state index contributed by atoms with van der Waals surface area (Å²) < 4.78 is 5.27. The van der Waals surface area contributed by atoms with Crippen molar-refractivity contribution >= 4 is 17.5 Å². The molecule has 2 aromatic heterocycles. The summed E-state index contributed by atoms with van der Waals surface area (Å²) in [6.07, 6.45) is 6.43. The van der Waals surface area contributed by atoms with Gasteiger partial charge in [-0.2, -0.15) is 0 Å². The molecular formula is C19H19N5O2. The van der Waals surface area contributed by atoms with E-state index < -0.39 is 0 Å². The van der Waals surface area contributed by atoms with E-state index in [0.717, 1.165) is 11.1 Å². The lowest BCUT2D eigenvalue weighted by molar-refractivity contribution is 0.102. The third kappa shape index (κ3) is 4.32. The molecule has 26 heavy (non-hydrogen) atoms. The van der Waals surface area contributed by atoms with E-state index in [0.29, 0.717) is 29.5 Å². The largest absolute Gasteiger partial charge is 0.495 e. The van der Waals surface area contributed by atoms with E-state index in [9.17, 15) is 4.79 Å². The smallest absolute Gasteiger partial charge is 0.258 e. The van der Waals surface area contributed by atoms with Gasteiger partial charge >= 0.3 is 0 Å². The molecule has 0 aliphatic heterocycles. The van der Waals surface area contributed by atoms with Crippen molar-refractivity contribution in [2.45, 2.75) is 13.5 Å². The number of hydrogen-bond acceptors (Lipinski definition) is 6. The number of anilines is 2. The molecule has 0 saturated heterocycles. The maximum absolute atomic E-state index is 12.4. The summed E-state index contributed by atoms with van der Waals surface area (Å²) in [4.78, 5) is 24.8. The van der Waals surface area contributed by atoms with Gasteiger partial charge in [-0.15, -0.1) is 0 Å². The minimum absolute atomic E-state index is 0.297. The van der Waals surface area contributed by atoms with Crippen LogP contribution in [0.5, 0.6) is 5.75 Å². The average molecular weight is 349 g/mol. The van der Waals surface area contributed by atoms with Crippen LogP contribution in [0.3, 0.4) is 0 Å². The molecule has 7 nitrogen and oxygen atoms in total. The predicted molar refractivity (Wildman–Crippen MR) is 99.3 cm³/mol. The van der Waals surface area contributed by atoms with Crippen LogP contribution >= 0.6 is 0 Å². The fourth-order valence-corrected chi connectivity index (χ4v) is 2.33. The van der Waals surface area contributed by atoms with Gasteiger partial charge in [0.1, 0.15) is 5.75 Å². The van der Waals surface area contributed by atoms with E-state index in [1.165, 1.54) is 12.4 Å². The van der Waals surface area contributed by atoms with Crippen LogP contribution in [-0.4, -0.2) is 28.0 Å². The number of amides is 1. The first kappa shape index (κ1) is 17.3. The topological polar surface area (TPSA) is 89.0 Å². The second kappa shape index (κ2) is 8.06. The maximum atomic E-state index is 12.4. The van der Waals surface area contributed by atoms with Crippen LogP contribution in [0.25, 0.3) is 0 Å². The molecule has 3 aromatic rings. The number of ether oxygens (including phenoxy) is 1. The molecule has 2 N–H and O–H groups in total. The monoisotopic (exact) mass is 349 g/mol. The molecule has 0 saturated carbocycles. The second-order valence-corrected chi connectivity index (χ2v) is 5.66. The predicted octanol–water partition coefficient (Wildman–Crippen LogP) is 3.05. The van der Waals surface area contributed by atoms with Crippen LogP contribution in [0.4, 0.5) is 11.6 Å². The zero-order chi connectivity index (χ0) is 18.4.